The lowest BCUT2D eigenvalue weighted by atomic mass is 10.1. The first-order chi connectivity index (χ1) is 5.57. The maximum Gasteiger partial charge on any atom is 0.132 e. The van der Waals surface area contributed by atoms with Crippen LogP contribution in [0.3, 0.4) is 0 Å². The zero-order valence-electron chi connectivity index (χ0n) is 6.95. The molecule has 0 aliphatic rings. The highest BCUT2D eigenvalue weighted by Crippen LogP contribution is 2.24. The van der Waals surface area contributed by atoms with Crippen LogP contribution in [0.2, 0.25) is 5.15 Å². The third kappa shape index (κ3) is 1.46. The van der Waals surface area contributed by atoms with Crippen LogP contribution in [-0.2, 0) is 7.05 Å². The number of rotatable bonds is 2. The van der Waals surface area contributed by atoms with Gasteiger partial charge in [0.1, 0.15) is 11.3 Å². The number of aryl methyl sites for hydroxylation is 2. The van der Waals surface area contributed by atoms with E-state index in [9.17, 15) is 5.11 Å². The Morgan fingerprint density at radius 3 is 2.58 bits per heavy atom. The molecule has 0 radical (unpaired) electrons. The van der Waals surface area contributed by atoms with Crippen molar-refractivity contribution in [2.75, 3.05) is 6.61 Å². The largest absolute Gasteiger partial charge is 0.393 e. The molecule has 1 aromatic heterocycles. The number of hydrogen-bond donors (Lipinski definition) is 2. The lowest BCUT2D eigenvalue weighted by Gasteiger charge is -2.05. The van der Waals surface area contributed by atoms with Gasteiger partial charge < -0.3 is 10.2 Å². The van der Waals surface area contributed by atoms with E-state index in [0.717, 1.165) is 0 Å². The fraction of sp³-hybridized carbons (Fsp3) is 0.571. The van der Waals surface area contributed by atoms with Gasteiger partial charge in [-0.1, -0.05) is 11.6 Å². The molecule has 12 heavy (non-hydrogen) atoms. The molecule has 2 N–H and O–H groups in total. The minimum absolute atomic E-state index is 0.341. The van der Waals surface area contributed by atoms with Crippen LogP contribution in [0.1, 0.15) is 17.4 Å². The molecular weight excluding hydrogens is 180 g/mol. The quantitative estimate of drug-likeness (QED) is 0.710. The monoisotopic (exact) mass is 190 g/mol. The molecule has 0 amide bonds. The first-order valence-electron chi connectivity index (χ1n) is 3.55. The van der Waals surface area contributed by atoms with Crippen molar-refractivity contribution in [3.8, 4) is 0 Å². The SMILES string of the molecule is Cc1nn(C)c(Cl)c1C(O)CO. The Bertz CT molecular complexity index is 285. The molecule has 0 saturated carbocycles. The average molecular weight is 191 g/mol. The summed E-state index contributed by atoms with van der Waals surface area (Å²) in [6.45, 7) is 1.40. The molecule has 0 bridgehead atoms. The number of aliphatic hydroxyl groups is 2. The van der Waals surface area contributed by atoms with Crippen LogP contribution in [0.15, 0.2) is 0 Å². The van der Waals surface area contributed by atoms with Crippen LogP contribution in [-0.4, -0.2) is 26.6 Å². The number of hydrogen-bond acceptors (Lipinski definition) is 3. The molecule has 0 aliphatic heterocycles. The highest BCUT2D eigenvalue weighted by Gasteiger charge is 2.17. The van der Waals surface area contributed by atoms with E-state index in [1.165, 1.54) is 4.68 Å². The normalized spacial score (nSPS) is 13.4. The lowest BCUT2D eigenvalue weighted by molar-refractivity contribution is 0.0951. The van der Waals surface area contributed by atoms with Crippen LogP contribution in [0.4, 0.5) is 0 Å². The molecule has 0 spiro atoms. The molecule has 1 atom stereocenters. The predicted molar refractivity (Wildman–Crippen MR) is 45.0 cm³/mol. The van der Waals surface area contributed by atoms with Gasteiger partial charge in [0.25, 0.3) is 0 Å². The van der Waals surface area contributed by atoms with Gasteiger partial charge in [-0.2, -0.15) is 5.10 Å². The van der Waals surface area contributed by atoms with Crippen LogP contribution in [0.5, 0.6) is 0 Å². The molecule has 0 aromatic carbocycles. The number of aliphatic hydroxyl groups excluding tert-OH is 2. The summed E-state index contributed by atoms with van der Waals surface area (Å²) in [5, 5.41) is 22.4. The Morgan fingerprint density at radius 2 is 2.25 bits per heavy atom. The Morgan fingerprint density at radius 1 is 1.67 bits per heavy atom. The molecule has 1 aromatic rings. The van der Waals surface area contributed by atoms with Gasteiger partial charge in [-0.25, -0.2) is 0 Å². The maximum atomic E-state index is 9.32. The summed E-state index contributed by atoms with van der Waals surface area (Å²) in [6, 6.07) is 0. The zero-order chi connectivity index (χ0) is 9.30. The van der Waals surface area contributed by atoms with Gasteiger partial charge >= 0.3 is 0 Å². The Labute approximate surface area is 75.4 Å². The zero-order valence-corrected chi connectivity index (χ0v) is 7.71. The predicted octanol–water partition coefficient (Wildman–Crippen LogP) is 0.408. The van der Waals surface area contributed by atoms with Gasteiger partial charge in [0.05, 0.1) is 12.3 Å². The average Bonchev–Trinajstić information content (AvgIpc) is 2.26. The van der Waals surface area contributed by atoms with Gasteiger partial charge in [0.2, 0.25) is 0 Å². The van der Waals surface area contributed by atoms with Crippen molar-refractivity contribution in [2.45, 2.75) is 13.0 Å². The standard InChI is InChI=1S/C7H11ClN2O2/c1-4-6(5(12)3-11)7(8)10(2)9-4/h5,11-12H,3H2,1-2H3. The second-order valence-corrected chi connectivity index (χ2v) is 2.97. The highest BCUT2D eigenvalue weighted by atomic mass is 35.5. The van der Waals surface area contributed by atoms with Crippen molar-refractivity contribution < 1.29 is 10.2 Å². The summed E-state index contributed by atoms with van der Waals surface area (Å²) >= 11 is 5.82. The first kappa shape index (κ1) is 9.51. The van der Waals surface area contributed by atoms with Crippen molar-refractivity contribution in [3.05, 3.63) is 16.4 Å². The minimum Gasteiger partial charge on any atom is -0.393 e. The number of nitrogens with zero attached hydrogens (tertiary/aromatic N) is 2. The van der Waals surface area contributed by atoms with E-state index in [4.69, 9.17) is 16.7 Å². The van der Waals surface area contributed by atoms with Gasteiger partial charge in [0, 0.05) is 12.6 Å². The molecule has 0 aliphatic carbocycles. The molecular formula is C7H11ClN2O2. The second-order valence-electron chi connectivity index (χ2n) is 2.61. The van der Waals surface area contributed by atoms with Crippen LogP contribution in [0, 0.1) is 6.92 Å². The highest BCUT2D eigenvalue weighted by molar-refractivity contribution is 6.30. The summed E-state index contributed by atoms with van der Waals surface area (Å²) in [5.74, 6) is 0. The number of aromatic nitrogens is 2. The van der Waals surface area contributed by atoms with Crippen LogP contribution < -0.4 is 0 Å². The van der Waals surface area contributed by atoms with Gasteiger partial charge in [0.15, 0.2) is 0 Å². The Balaban J connectivity index is 3.13. The maximum absolute atomic E-state index is 9.32. The topological polar surface area (TPSA) is 58.3 Å². The van der Waals surface area contributed by atoms with E-state index in [1.54, 1.807) is 14.0 Å². The molecule has 1 unspecified atom stereocenters. The van der Waals surface area contributed by atoms with Crippen LogP contribution in [0.25, 0.3) is 0 Å². The van der Waals surface area contributed by atoms with Crippen molar-refractivity contribution in [1.82, 2.24) is 9.78 Å². The van der Waals surface area contributed by atoms with E-state index in [0.29, 0.717) is 16.4 Å². The molecule has 1 heterocycles. The molecule has 1 rings (SSSR count). The summed E-state index contributed by atoms with van der Waals surface area (Å²) in [6.07, 6.45) is -0.939. The third-order valence-corrected chi connectivity index (χ3v) is 2.15. The number of halogens is 1. The summed E-state index contributed by atoms with van der Waals surface area (Å²) in [5.41, 5.74) is 1.14. The third-order valence-electron chi connectivity index (χ3n) is 1.70. The van der Waals surface area contributed by atoms with Gasteiger partial charge in [-0.3, -0.25) is 4.68 Å². The molecule has 68 valence electrons. The second kappa shape index (κ2) is 3.43. The van der Waals surface area contributed by atoms with E-state index < -0.39 is 6.10 Å². The Kier molecular flexibility index (Phi) is 2.72. The van der Waals surface area contributed by atoms with Crippen molar-refractivity contribution in [2.24, 2.45) is 7.05 Å². The fourth-order valence-electron chi connectivity index (χ4n) is 1.12. The Hall–Kier alpha value is -0.580. The van der Waals surface area contributed by atoms with E-state index in [-0.39, 0.29) is 6.61 Å². The van der Waals surface area contributed by atoms with Crippen molar-refractivity contribution in [1.29, 1.82) is 0 Å². The van der Waals surface area contributed by atoms with Crippen molar-refractivity contribution in [3.63, 3.8) is 0 Å². The molecule has 5 heteroatoms. The summed E-state index contributed by atoms with van der Waals surface area (Å²) in [7, 11) is 1.68. The van der Waals surface area contributed by atoms with E-state index >= 15 is 0 Å². The lowest BCUT2D eigenvalue weighted by Crippen LogP contribution is -2.03. The smallest absolute Gasteiger partial charge is 0.132 e. The van der Waals surface area contributed by atoms with E-state index in [2.05, 4.69) is 5.10 Å². The summed E-state index contributed by atoms with van der Waals surface area (Å²) < 4.78 is 1.46. The van der Waals surface area contributed by atoms with Gasteiger partial charge in [-0.15, -0.1) is 0 Å². The minimum atomic E-state index is -0.939. The molecule has 4 nitrogen and oxygen atoms in total. The molecule has 0 saturated heterocycles. The van der Waals surface area contributed by atoms with Crippen LogP contribution >= 0.6 is 11.6 Å². The first-order valence-corrected chi connectivity index (χ1v) is 3.93. The van der Waals surface area contributed by atoms with Gasteiger partial charge in [-0.05, 0) is 6.92 Å². The van der Waals surface area contributed by atoms with Crippen molar-refractivity contribution >= 4 is 11.6 Å². The van der Waals surface area contributed by atoms with E-state index in [1.807, 2.05) is 0 Å². The summed E-state index contributed by atoms with van der Waals surface area (Å²) in [4.78, 5) is 0. The molecule has 0 fully saturated rings. The fourth-order valence-corrected chi connectivity index (χ4v) is 1.42.